The third-order valence-electron chi connectivity index (χ3n) is 3.04. The van der Waals surface area contributed by atoms with Crippen LogP contribution in [0.15, 0.2) is 24.3 Å². The highest BCUT2D eigenvalue weighted by Gasteiger charge is 2.00. The van der Waals surface area contributed by atoms with E-state index < -0.39 is 0 Å². The van der Waals surface area contributed by atoms with Gasteiger partial charge in [0.15, 0.2) is 0 Å². The van der Waals surface area contributed by atoms with Crippen molar-refractivity contribution < 1.29 is 4.74 Å². The van der Waals surface area contributed by atoms with Gasteiger partial charge in [0.2, 0.25) is 0 Å². The Morgan fingerprint density at radius 1 is 1.05 bits per heavy atom. The Morgan fingerprint density at radius 2 is 1.68 bits per heavy atom. The molecule has 0 bridgehead atoms. The van der Waals surface area contributed by atoms with Crippen molar-refractivity contribution in [3.8, 4) is 5.75 Å². The van der Waals surface area contributed by atoms with Crippen molar-refractivity contribution in [2.75, 3.05) is 12.9 Å². The molecule has 0 spiro atoms. The Morgan fingerprint density at radius 3 is 2.32 bits per heavy atom. The van der Waals surface area contributed by atoms with E-state index in [2.05, 4.69) is 6.92 Å². The molecule has 1 aromatic carbocycles. The van der Waals surface area contributed by atoms with Gasteiger partial charge in [0.25, 0.3) is 0 Å². The van der Waals surface area contributed by atoms with Gasteiger partial charge in [-0.2, -0.15) is 0 Å². The maximum absolute atomic E-state index is 5.73. The number of benzene rings is 1. The SMILES string of the molecule is CCCCCCCCOc1ccc(C(=S)SC)cc1. The molecule has 0 aliphatic carbocycles. The molecule has 0 saturated heterocycles. The maximum atomic E-state index is 5.73. The fourth-order valence-electron chi connectivity index (χ4n) is 1.88. The van der Waals surface area contributed by atoms with Crippen molar-refractivity contribution in [3.05, 3.63) is 29.8 Å². The molecule has 0 aliphatic rings. The second-order valence-electron chi connectivity index (χ2n) is 4.63. The van der Waals surface area contributed by atoms with Crippen LogP contribution >= 0.6 is 24.0 Å². The summed E-state index contributed by atoms with van der Waals surface area (Å²) in [6, 6.07) is 8.09. The molecule has 0 N–H and O–H groups in total. The van der Waals surface area contributed by atoms with E-state index in [1.807, 2.05) is 30.5 Å². The van der Waals surface area contributed by atoms with E-state index >= 15 is 0 Å². The van der Waals surface area contributed by atoms with Gasteiger partial charge in [-0.15, -0.1) is 11.8 Å². The lowest BCUT2D eigenvalue weighted by atomic mass is 10.1. The van der Waals surface area contributed by atoms with E-state index in [9.17, 15) is 0 Å². The molecular weight excluding hydrogens is 272 g/mol. The van der Waals surface area contributed by atoms with Crippen LogP contribution in [-0.4, -0.2) is 17.1 Å². The van der Waals surface area contributed by atoms with Crippen LogP contribution in [0.5, 0.6) is 5.75 Å². The minimum atomic E-state index is 0.818. The second kappa shape index (κ2) is 10.3. The second-order valence-corrected chi connectivity index (χ2v) is 6.12. The van der Waals surface area contributed by atoms with E-state index in [-0.39, 0.29) is 0 Å². The third-order valence-corrected chi connectivity index (χ3v) is 4.38. The topological polar surface area (TPSA) is 9.23 Å². The number of thiocarbonyl (C=S) groups is 1. The molecule has 0 amide bonds. The largest absolute Gasteiger partial charge is 0.494 e. The average Bonchev–Trinajstić information content (AvgIpc) is 2.46. The highest BCUT2D eigenvalue weighted by atomic mass is 32.2. The van der Waals surface area contributed by atoms with E-state index in [0.29, 0.717) is 0 Å². The quantitative estimate of drug-likeness (QED) is 0.442. The van der Waals surface area contributed by atoms with Crippen LogP contribution in [0, 0.1) is 0 Å². The minimum absolute atomic E-state index is 0.818. The summed E-state index contributed by atoms with van der Waals surface area (Å²) in [4.78, 5) is 0. The van der Waals surface area contributed by atoms with Gasteiger partial charge in [-0.25, -0.2) is 0 Å². The first kappa shape index (κ1) is 16.5. The Bertz CT molecular complexity index is 360. The first-order valence-corrected chi connectivity index (χ1v) is 8.72. The number of hydrogen-bond acceptors (Lipinski definition) is 3. The smallest absolute Gasteiger partial charge is 0.119 e. The molecule has 0 radical (unpaired) electrons. The zero-order valence-electron chi connectivity index (χ0n) is 12.0. The Labute approximate surface area is 127 Å². The van der Waals surface area contributed by atoms with Crippen molar-refractivity contribution in [2.24, 2.45) is 0 Å². The molecule has 1 aromatic rings. The molecule has 0 heterocycles. The molecular formula is C16H24OS2. The van der Waals surface area contributed by atoms with Gasteiger partial charge in [0.1, 0.15) is 5.75 Å². The first-order chi connectivity index (χ1) is 9.27. The Hall–Kier alpha value is -0.540. The van der Waals surface area contributed by atoms with Crippen molar-refractivity contribution >= 4 is 28.2 Å². The summed E-state index contributed by atoms with van der Waals surface area (Å²) < 4.78 is 6.66. The van der Waals surface area contributed by atoms with Gasteiger partial charge in [-0.05, 0) is 42.5 Å². The van der Waals surface area contributed by atoms with E-state index in [0.717, 1.165) is 28.5 Å². The average molecular weight is 297 g/mol. The van der Waals surface area contributed by atoms with Crippen LogP contribution in [0.4, 0.5) is 0 Å². The molecule has 0 aromatic heterocycles. The molecule has 19 heavy (non-hydrogen) atoms. The lowest BCUT2D eigenvalue weighted by Gasteiger charge is -2.07. The lowest BCUT2D eigenvalue weighted by Crippen LogP contribution is -1.98. The summed E-state index contributed by atoms with van der Waals surface area (Å²) in [5, 5.41) is 0. The summed E-state index contributed by atoms with van der Waals surface area (Å²) >= 11 is 6.85. The standard InChI is InChI=1S/C16H24OS2/c1-3-4-5-6-7-8-13-17-15-11-9-14(10-12-15)16(18)19-2/h9-12H,3-8,13H2,1-2H3. The predicted molar refractivity (Wildman–Crippen MR) is 90.5 cm³/mol. The first-order valence-electron chi connectivity index (χ1n) is 7.09. The normalized spacial score (nSPS) is 10.4. The van der Waals surface area contributed by atoms with Crippen LogP contribution in [-0.2, 0) is 0 Å². The number of hydrogen-bond donors (Lipinski definition) is 0. The van der Waals surface area contributed by atoms with Crippen LogP contribution in [0.2, 0.25) is 0 Å². The minimum Gasteiger partial charge on any atom is -0.494 e. The maximum Gasteiger partial charge on any atom is 0.119 e. The van der Waals surface area contributed by atoms with Gasteiger partial charge < -0.3 is 4.74 Å². The highest BCUT2D eigenvalue weighted by Crippen LogP contribution is 2.17. The van der Waals surface area contributed by atoms with E-state index in [1.165, 1.54) is 32.1 Å². The molecule has 0 unspecified atom stereocenters. The molecule has 1 rings (SSSR count). The summed E-state index contributed by atoms with van der Waals surface area (Å²) in [7, 11) is 0. The number of rotatable bonds is 9. The van der Waals surface area contributed by atoms with Crippen LogP contribution in [0.3, 0.4) is 0 Å². The van der Waals surface area contributed by atoms with Crippen LogP contribution < -0.4 is 4.74 Å². The van der Waals surface area contributed by atoms with Crippen LogP contribution in [0.25, 0.3) is 0 Å². The fourth-order valence-corrected chi connectivity index (χ4v) is 2.39. The van der Waals surface area contributed by atoms with Crippen molar-refractivity contribution in [3.63, 3.8) is 0 Å². The number of ether oxygens (including phenoxy) is 1. The van der Waals surface area contributed by atoms with Gasteiger partial charge in [0, 0.05) is 0 Å². The van der Waals surface area contributed by atoms with Crippen molar-refractivity contribution in [1.82, 2.24) is 0 Å². The Balaban J connectivity index is 2.18. The summed E-state index contributed by atoms with van der Waals surface area (Å²) in [5.74, 6) is 0.946. The number of thioether (sulfide) groups is 1. The molecule has 3 heteroatoms. The molecule has 0 fully saturated rings. The van der Waals surface area contributed by atoms with Crippen molar-refractivity contribution in [2.45, 2.75) is 45.4 Å². The van der Waals surface area contributed by atoms with E-state index in [1.54, 1.807) is 11.8 Å². The monoisotopic (exact) mass is 296 g/mol. The summed E-state index contributed by atoms with van der Waals surface area (Å²) in [6.45, 7) is 3.06. The zero-order valence-corrected chi connectivity index (χ0v) is 13.6. The molecule has 0 aliphatic heterocycles. The van der Waals surface area contributed by atoms with Crippen LogP contribution in [0.1, 0.15) is 51.0 Å². The molecule has 0 saturated carbocycles. The zero-order chi connectivity index (χ0) is 13.9. The van der Waals surface area contributed by atoms with Gasteiger partial charge in [-0.1, -0.05) is 51.2 Å². The fraction of sp³-hybridized carbons (Fsp3) is 0.562. The molecule has 106 valence electrons. The highest BCUT2D eigenvalue weighted by molar-refractivity contribution is 8.23. The van der Waals surface area contributed by atoms with Crippen molar-refractivity contribution in [1.29, 1.82) is 0 Å². The van der Waals surface area contributed by atoms with Gasteiger partial charge >= 0.3 is 0 Å². The van der Waals surface area contributed by atoms with E-state index in [4.69, 9.17) is 17.0 Å². The summed E-state index contributed by atoms with van der Waals surface area (Å²) in [6.07, 6.45) is 9.78. The van der Waals surface area contributed by atoms with Gasteiger partial charge in [-0.3, -0.25) is 0 Å². The third kappa shape index (κ3) is 6.98. The summed E-state index contributed by atoms with van der Waals surface area (Å²) in [5.41, 5.74) is 1.11. The number of unbranched alkanes of at least 4 members (excludes halogenated alkanes) is 5. The molecule has 1 nitrogen and oxygen atoms in total. The predicted octanol–water partition coefficient (Wildman–Crippen LogP) is 5.46. The Kier molecular flexibility index (Phi) is 8.93. The molecule has 0 atom stereocenters. The lowest BCUT2D eigenvalue weighted by molar-refractivity contribution is 0.304. The van der Waals surface area contributed by atoms with Gasteiger partial charge in [0.05, 0.1) is 10.8 Å².